The molecule has 8 nitrogen and oxygen atoms in total. The fourth-order valence-electron chi connectivity index (χ4n) is 2.46. The molecule has 160 valence electrons. The molecular weight excluding hydrogens is 454 g/mol. The van der Waals surface area contributed by atoms with E-state index in [1.165, 1.54) is 13.3 Å². The Kier molecular flexibility index (Phi) is 9.14. The van der Waals surface area contributed by atoms with Crippen molar-refractivity contribution in [1.82, 2.24) is 10.7 Å². The smallest absolute Gasteiger partial charge is 0.259 e. The molecule has 0 heterocycles. The number of rotatable bonds is 10. The molecule has 2 N–H and O–H groups in total. The molecule has 9 heteroatoms. The molecule has 2 rings (SSSR count). The number of hydrogen-bond acceptors (Lipinski definition) is 6. The average molecular weight is 478 g/mol. The van der Waals surface area contributed by atoms with Gasteiger partial charge in [0.1, 0.15) is 5.75 Å². The maximum absolute atomic E-state index is 12.2. The Morgan fingerprint density at radius 3 is 2.57 bits per heavy atom. The minimum atomic E-state index is -0.469. The third-order valence-electron chi connectivity index (χ3n) is 3.87. The minimum Gasteiger partial charge on any atom is -0.496 e. The Morgan fingerprint density at radius 1 is 1.13 bits per heavy atom. The highest BCUT2D eigenvalue weighted by molar-refractivity contribution is 9.10. The Hall–Kier alpha value is -3.07. The van der Waals surface area contributed by atoms with Crippen LogP contribution in [0, 0.1) is 0 Å². The van der Waals surface area contributed by atoms with E-state index in [1.54, 1.807) is 43.5 Å². The molecule has 0 saturated carbocycles. The van der Waals surface area contributed by atoms with Crippen LogP contribution in [-0.4, -0.2) is 45.4 Å². The lowest BCUT2D eigenvalue weighted by molar-refractivity contribution is -0.120. The molecule has 0 aliphatic carbocycles. The molecule has 0 bridgehead atoms. The van der Waals surface area contributed by atoms with Crippen LogP contribution in [0.2, 0.25) is 0 Å². The highest BCUT2D eigenvalue weighted by Crippen LogP contribution is 2.36. The number of halogens is 1. The van der Waals surface area contributed by atoms with Gasteiger partial charge < -0.3 is 19.5 Å². The van der Waals surface area contributed by atoms with E-state index in [0.29, 0.717) is 39.5 Å². The zero-order valence-electron chi connectivity index (χ0n) is 17.0. The van der Waals surface area contributed by atoms with Gasteiger partial charge in [0, 0.05) is 0 Å². The molecule has 0 spiro atoms. The second-order valence-corrected chi connectivity index (χ2v) is 6.91. The predicted molar refractivity (Wildman–Crippen MR) is 118 cm³/mol. The van der Waals surface area contributed by atoms with Crippen molar-refractivity contribution in [2.24, 2.45) is 5.10 Å². The summed E-state index contributed by atoms with van der Waals surface area (Å²) in [6.07, 6.45) is 2.34. The normalized spacial score (nSPS) is 10.5. The monoisotopic (exact) mass is 477 g/mol. The summed E-state index contributed by atoms with van der Waals surface area (Å²) >= 11 is 3.45. The largest absolute Gasteiger partial charge is 0.496 e. The first kappa shape index (κ1) is 23.2. The SMILES string of the molecule is CCCOc1c(Br)cc(C=NNC(=O)CNC(=O)c2ccccc2OC)cc1OC. The summed E-state index contributed by atoms with van der Waals surface area (Å²) in [4.78, 5) is 24.2. The highest BCUT2D eigenvalue weighted by Gasteiger charge is 2.13. The molecule has 0 aliphatic rings. The maximum Gasteiger partial charge on any atom is 0.259 e. The topological polar surface area (TPSA) is 98.2 Å². The lowest BCUT2D eigenvalue weighted by Crippen LogP contribution is -2.35. The van der Waals surface area contributed by atoms with Gasteiger partial charge in [0.15, 0.2) is 11.5 Å². The third kappa shape index (κ3) is 6.48. The Morgan fingerprint density at radius 2 is 1.87 bits per heavy atom. The lowest BCUT2D eigenvalue weighted by Gasteiger charge is -2.12. The van der Waals surface area contributed by atoms with E-state index in [4.69, 9.17) is 14.2 Å². The molecule has 0 aromatic heterocycles. The van der Waals surface area contributed by atoms with Gasteiger partial charge in [-0.25, -0.2) is 5.43 Å². The summed E-state index contributed by atoms with van der Waals surface area (Å²) in [5.74, 6) is 0.708. The molecule has 0 radical (unpaired) electrons. The van der Waals surface area contributed by atoms with Crippen LogP contribution in [0.4, 0.5) is 0 Å². The number of hydrazone groups is 1. The Labute approximate surface area is 183 Å². The van der Waals surface area contributed by atoms with Crippen LogP contribution in [0.1, 0.15) is 29.3 Å². The fraction of sp³-hybridized carbons (Fsp3) is 0.286. The average Bonchev–Trinajstić information content (AvgIpc) is 2.76. The van der Waals surface area contributed by atoms with Crippen molar-refractivity contribution in [3.63, 3.8) is 0 Å². The number of benzene rings is 2. The molecule has 0 unspecified atom stereocenters. The summed E-state index contributed by atoms with van der Waals surface area (Å²) in [7, 11) is 3.02. The minimum absolute atomic E-state index is 0.231. The second-order valence-electron chi connectivity index (χ2n) is 6.06. The van der Waals surface area contributed by atoms with Crippen LogP contribution < -0.4 is 25.0 Å². The second kappa shape index (κ2) is 11.8. The number of hydrogen-bond donors (Lipinski definition) is 2. The third-order valence-corrected chi connectivity index (χ3v) is 4.46. The number of methoxy groups -OCH3 is 2. The van der Waals surface area contributed by atoms with E-state index in [2.05, 4.69) is 31.8 Å². The van der Waals surface area contributed by atoms with Gasteiger partial charge in [-0.15, -0.1) is 0 Å². The standard InChI is InChI=1S/C21H24BrN3O5/c1-4-9-30-20-16(22)10-14(11-18(20)29-3)12-24-25-19(26)13-23-21(27)15-7-5-6-8-17(15)28-2/h5-8,10-12H,4,9,13H2,1-3H3,(H,23,27)(H,25,26). The molecule has 2 amide bonds. The quantitative estimate of drug-likeness (QED) is 0.404. The van der Waals surface area contributed by atoms with Crippen LogP contribution in [0.3, 0.4) is 0 Å². The van der Waals surface area contributed by atoms with Crippen LogP contribution in [0.15, 0.2) is 46.0 Å². The molecule has 0 atom stereocenters. The first-order chi connectivity index (χ1) is 14.5. The van der Waals surface area contributed by atoms with Gasteiger partial charge in [-0.05, 0) is 52.2 Å². The molecular formula is C21H24BrN3O5. The molecule has 2 aromatic rings. The van der Waals surface area contributed by atoms with E-state index >= 15 is 0 Å². The van der Waals surface area contributed by atoms with Crippen molar-refractivity contribution in [2.75, 3.05) is 27.4 Å². The summed E-state index contributed by atoms with van der Waals surface area (Å²) in [6.45, 7) is 2.35. The zero-order valence-corrected chi connectivity index (χ0v) is 18.6. The van der Waals surface area contributed by atoms with Gasteiger partial charge in [-0.2, -0.15) is 5.10 Å². The molecule has 30 heavy (non-hydrogen) atoms. The summed E-state index contributed by atoms with van der Waals surface area (Å²) in [6, 6.07) is 10.3. The Bertz CT molecular complexity index is 918. The van der Waals surface area contributed by atoms with Crippen LogP contribution >= 0.6 is 15.9 Å². The van der Waals surface area contributed by atoms with Crippen molar-refractivity contribution in [3.8, 4) is 17.2 Å². The van der Waals surface area contributed by atoms with Gasteiger partial charge >= 0.3 is 0 Å². The van der Waals surface area contributed by atoms with Crippen molar-refractivity contribution < 1.29 is 23.8 Å². The summed E-state index contributed by atoms with van der Waals surface area (Å²) in [5, 5.41) is 6.44. The van der Waals surface area contributed by atoms with Crippen molar-refractivity contribution >= 4 is 34.0 Å². The zero-order chi connectivity index (χ0) is 21.9. The van der Waals surface area contributed by atoms with Crippen LogP contribution in [-0.2, 0) is 4.79 Å². The van der Waals surface area contributed by atoms with E-state index < -0.39 is 11.8 Å². The van der Waals surface area contributed by atoms with Gasteiger partial charge in [-0.3, -0.25) is 9.59 Å². The molecule has 0 saturated heterocycles. The van der Waals surface area contributed by atoms with Crippen molar-refractivity contribution in [3.05, 3.63) is 52.0 Å². The number of amides is 2. The summed E-state index contributed by atoms with van der Waals surface area (Å²) in [5.41, 5.74) is 3.41. The summed E-state index contributed by atoms with van der Waals surface area (Å²) < 4.78 is 16.9. The van der Waals surface area contributed by atoms with Crippen LogP contribution in [0.25, 0.3) is 0 Å². The van der Waals surface area contributed by atoms with Gasteiger partial charge in [0.05, 0.1) is 43.6 Å². The first-order valence-electron chi connectivity index (χ1n) is 9.23. The van der Waals surface area contributed by atoms with E-state index in [9.17, 15) is 9.59 Å². The number of carbonyl (C=O) groups excluding carboxylic acids is 2. The van der Waals surface area contributed by atoms with Crippen LogP contribution in [0.5, 0.6) is 17.2 Å². The number of nitrogens with zero attached hydrogens (tertiary/aromatic N) is 1. The maximum atomic E-state index is 12.2. The first-order valence-corrected chi connectivity index (χ1v) is 10.0. The highest BCUT2D eigenvalue weighted by atomic mass is 79.9. The predicted octanol–water partition coefficient (Wildman–Crippen LogP) is 3.14. The molecule has 0 fully saturated rings. The number of ether oxygens (including phenoxy) is 3. The van der Waals surface area contributed by atoms with E-state index in [0.717, 1.165) is 6.42 Å². The van der Waals surface area contributed by atoms with E-state index in [1.807, 2.05) is 6.92 Å². The number of carbonyl (C=O) groups is 2. The van der Waals surface area contributed by atoms with Gasteiger partial charge in [0.25, 0.3) is 11.8 Å². The molecule has 0 aliphatic heterocycles. The number of para-hydroxylation sites is 1. The fourth-order valence-corrected chi connectivity index (χ4v) is 3.04. The number of nitrogens with one attached hydrogen (secondary N) is 2. The lowest BCUT2D eigenvalue weighted by atomic mass is 10.2. The molecule has 2 aromatic carbocycles. The van der Waals surface area contributed by atoms with Gasteiger partial charge in [-0.1, -0.05) is 19.1 Å². The van der Waals surface area contributed by atoms with Crippen molar-refractivity contribution in [2.45, 2.75) is 13.3 Å². The van der Waals surface area contributed by atoms with Gasteiger partial charge in [0.2, 0.25) is 0 Å². The Balaban J connectivity index is 1.92. The van der Waals surface area contributed by atoms with Crippen molar-refractivity contribution in [1.29, 1.82) is 0 Å². The van der Waals surface area contributed by atoms with E-state index in [-0.39, 0.29) is 6.54 Å².